The summed E-state index contributed by atoms with van der Waals surface area (Å²) in [4.78, 5) is 27.4. The van der Waals surface area contributed by atoms with Crippen LogP contribution in [0.5, 0.6) is 0 Å². The van der Waals surface area contributed by atoms with Crippen LogP contribution in [0.2, 0.25) is 0 Å². The van der Waals surface area contributed by atoms with Crippen molar-refractivity contribution in [3.05, 3.63) is 71.4 Å². The number of H-pyrrole nitrogens is 1. The standard InChI is InChI=1S/C26H32N2O3/c1-18(2)15-20-11-13-21(14-12-20)19(3)28-25(29)17-31-26(30)10-6-7-22-16-27-24-9-5-4-8-23(22)24/h4-5,8-9,11-14,16,18-19,27H,6-7,10,15,17H2,1-3H3,(H,28,29)/t19-/m0/s1. The lowest BCUT2D eigenvalue weighted by atomic mass is 10.00. The molecule has 1 heterocycles. The van der Waals surface area contributed by atoms with Gasteiger partial charge in [-0.15, -0.1) is 0 Å². The Bertz CT molecular complexity index is 1000. The number of fused-ring (bicyclic) bond motifs is 1. The Hall–Kier alpha value is -3.08. The molecule has 0 aliphatic rings. The molecule has 3 rings (SSSR count). The van der Waals surface area contributed by atoms with Gasteiger partial charge in [0.05, 0.1) is 6.04 Å². The Kier molecular flexibility index (Phi) is 7.88. The number of aromatic nitrogens is 1. The molecule has 0 bridgehead atoms. The maximum absolute atomic E-state index is 12.2. The smallest absolute Gasteiger partial charge is 0.306 e. The number of benzene rings is 2. The summed E-state index contributed by atoms with van der Waals surface area (Å²) in [7, 11) is 0. The van der Waals surface area contributed by atoms with E-state index in [0.717, 1.165) is 23.9 Å². The molecule has 0 radical (unpaired) electrons. The Labute approximate surface area is 184 Å². The van der Waals surface area contributed by atoms with Gasteiger partial charge in [-0.05, 0) is 54.9 Å². The van der Waals surface area contributed by atoms with Crippen molar-refractivity contribution in [3.63, 3.8) is 0 Å². The van der Waals surface area contributed by atoms with E-state index in [4.69, 9.17) is 4.74 Å². The summed E-state index contributed by atoms with van der Waals surface area (Å²) in [5.41, 5.74) is 4.61. The number of hydrogen-bond acceptors (Lipinski definition) is 3. The largest absolute Gasteiger partial charge is 0.456 e. The molecule has 1 amide bonds. The molecule has 31 heavy (non-hydrogen) atoms. The lowest BCUT2D eigenvalue weighted by Crippen LogP contribution is -2.31. The number of carbonyl (C=O) groups is 2. The molecular weight excluding hydrogens is 388 g/mol. The van der Waals surface area contributed by atoms with E-state index in [9.17, 15) is 9.59 Å². The van der Waals surface area contributed by atoms with E-state index in [0.29, 0.717) is 18.8 Å². The fourth-order valence-electron chi connectivity index (χ4n) is 3.76. The summed E-state index contributed by atoms with van der Waals surface area (Å²) in [5.74, 6) is -0.0237. The number of carbonyl (C=O) groups excluding carboxylic acids is 2. The van der Waals surface area contributed by atoms with Crippen molar-refractivity contribution in [2.75, 3.05) is 6.61 Å². The first-order valence-electron chi connectivity index (χ1n) is 11.0. The highest BCUT2D eigenvalue weighted by Gasteiger charge is 2.13. The van der Waals surface area contributed by atoms with Crippen LogP contribution in [0.15, 0.2) is 54.7 Å². The van der Waals surface area contributed by atoms with E-state index in [2.05, 4.69) is 42.3 Å². The second-order valence-corrected chi connectivity index (χ2v) is 8.50. The van der Waals surface area contributed by atoms with E-state index >= 15 is 0 Å². The minimum atomic E-state index is -0.347. The fourth-order valence-corrected chi connectivity index (χ4v) is 3.76. The number of rotatable bonds is 10. The van der Waals surface area contributed by atoms with Crippen LogP contribution in [0, 0.1) is 5.92 Å². The van der Waals surface area contributed by atoms with Gasteiger partial charge in [0.2, 0.25) is 0 Å². The van der Waals surface area contributed by atoms with Crippen LogP contribution in [0.25, 0.3) is 10.9 Å². The molecule has 0 spiro atoms. The van der Waals surface area contributed by atoms with Gasteiger partial charge in [-0.25, -0.2) is 0 Å². The fraction of sp³-hybridized carbons (Fsp3) is 0.385. The van der Waals surface area contributed by atoms with E-state index in [1.807, 2.05) is 43.5 Å². The molecule has 0 aliphatic carbocycles. The Morgan fingerprint density at radius 1 is 1.03 bits per heavy atom. The Morgan fingerprint density at radius 3 is 2.52 bits per heavy atom. The van der Waals surface area contributed by atoms with Gasteiger partial charge in [0, 0.05) is 23.5 Å². The van der Waals surface area contributed by atoms with Gasteiger partial charge >= 0.3 is 5.97 Å². The number of nitrogens with one attached hydrogen (secondary N) is 2. The van der Waals surface area contributed by atoms with Gasteiger partial charge in [-0.1, -0.05) is 56.3 Å². The number of ether oxygens (including phenoxy) is 1. The Morgan fingerprint density at radius 2 is 1.77 bits per heavy atom. The Balaban J connectivity index is 1.37. The van der Waals surface area contributed by atoms with Crippen molar-refractivity contribution in [1.29, 1.82) is 0 Å². The molecule has 1 atom stereocenters. The summed E-state index contributed by atoms with van der Waals surface area (Å²) in [6.45, 7) is 6.07. The molecule has 5 heteroatoms. The quantitative estimate of drug-likeness (QED) is 0.448. The minimum absolute atomic E-state index is 0.138. The molecule has 0 aliphatic heterocycles. The van der Waals surface area contributed by atoms with Crippen molar-refractivity contribution in [2.24, 2.45) is 5.92 Å². The first-order valence-corrected chi connectivity index (χ1v) is 11.0. The normalized spacial score (nSPS) is 12.1. The zero-order chi connectivity index (χ0) is 22.2. The number of aromatic amines is 1. The van der Waals surface area contributed by atoms with Crippen LogP contribution < -0.4 is 5.32 Å². The molecular formula is C26H32N2O3. The average Bonchev–Trinajstić information content (AvgIpc) is 3.15. The van der Waals surface area contributed by atoms with Crippen molar-refractivity contribution >= 4 is 22.8 Å². The summed E-state index contributed by atoms with van der Waals surface area (Å²) in [6, 6.07) is 16.3. The van der Waals surface area contributed by atoms with Crippen molar-refractivity contribution in [1.82, 2.24) is 10.3 Å². The molecule has 3 aromatic rings. The van der Waals surface area contributed by atoms with Crippen LogP contribution in [-0.2, 0) is 27.2 Å². The van der Waals surface area contributed by atoms with Crippen molar-refractivity contribution < 1.29 is 14.3 Å². The zero-order valence-corrected chi connectivity index (χ0v) is 18.6. The summed E-state index contributed by atoms with van der Waals surface area (Å²) < 4.78 is 5.15. The van der Waals surface area contributed by atoms with E-state index < -0.39 is 0 Å². The van der Waals surface area contributed by atoms with Gasteiger partial charge in [0.25, 0.3) is 5.91 Å². The maximum atomic E-state index is 12.2. The van der Waals surface area contributed by atoms with E-state index in [1.54, 1.807) is 0 Å². The highest BCUT2D eigenvalue weighted by atomic mass is 16.5. The number of aryl methyl sites for hydroxylation is 1. The first-order chi connectivity index (χ1) is 14.9. The first kappa shape index (κ1) is 22.6. The lowest BCUT2D eigenvalue weighted by Gasteiger charge is -2.15. The van der Waals surface area contributed by atoms with Crippen molar-refractivity contribution in [2.45, 2.75) is 52.5 Å². The maximum Gasteiger partial charge on any atom is 0.306 e. The number of para-hydroxylation sites is 1. The third-order valence-electron chi connectivity index (χ3n) is 5.37. The lowest BCUT2D eigenvalue weighted by molar-refractivity contribution is -0.148. The molecule has 5 nitrogen and oxygen atoms in total. The highest BCUT2D eigenvalue weighted by Crippen LogP contribution is 2.19. The molecule has 164 valence electrons. The third-order valence-corrected chi connectivity index (χ3v) is 5.37. The van der Waals surface area contributed by atoms with Gasteiger partial charge in [0.15, 0.2) is 6.61 Å². The predicted molar refractivity (Wildman–Crippen MR) is 124 cm³/mol. The van der Waals surface area contributed by atoms with Gasteiger partial charge in [-0.2, -0.15) is 0 Å². The second kappa shape index (κ2) is 10.8. The van der Waals surface area contributed by atoms with Gasteiger partial charge in [-0.3, -0.25) is 9.59 Å². The predicted octanol–water partition coefficient (Wildman–Crippen LogP) is 5.11. The van der Waals surface area contributed by atoms with Crippen LogP contribution >= 0.6 is 0 Å². The average molecular weight is 421 g/mol. The summed E-state index contributed by atoms with van der Waals surface area (Å²) in [5, 5.41) is 4.07. The minimum Gasteiger partial charge on any atom is -0.456 e. The third kappa shape index (κ3) is 6.71. The highest BCUT2D eigenvalue weighted by molar-refractivity contribution is 5.83. The topological polar surface area (TPSA) is 71.2 Å². The number of esters is 1. The molecule has 0 fully saturated rings. The second-order valence-electron chi connectivity index (χ2n) is 8.50. The van der Waals surface area contributed by atoms with Crippen LogP contribution in [0.3, 0.4) is 0 Å². The van der Waals surface area contributed by atoms with Crippen LogP contribution in [-0.4, -0.2) is 23.5 Å². The number of hydrogen-bond donors (Lipinski definition) is 2. The molecule has 0 saturated carbocycles. The number of amides is 1. The molecule has 2 N–H and O–H groups in total. The molecule has 2 aromatic carbocycles. The van der Waals surface area contributed by atoms with Crippen LogP contribution in [0.1, 0.15) is 56.3 Å². The molecule has 0 unspecified atom stereocenters. The van der Waals surface area contributed by atoms with Crippen LogP contribution in [0.4, 0.5) is 0 Å². The zero-order valence-electron chi connectivity index (χ0n) is 18.6. The van der Waals surface area contributed by atoms with E-state index in [1.165, 1.54) is 16.5 Å². The van der Waals surface area contributed by atoms with E-state index in [-0.39, 0.29) is 24.5 Å². The molecule has 0 saturated heterocycles. The monoisotopic (exact) mass is 420 g/mol. The van der Waals surface area contributed by atoms with Gasteiger partial charge in [0.1, 0.15) is 0 Å². The van der Waals surface area contributed by atoms with Crippen molar-refractivity contribution in [3.8, 4) is 0 Å². The summed E-state index contributed by atoms with van der Waals surface area (Å²) >= 11 is 0. The summed E-state index contributed by atoms with van der Waals surface area (Å²) in [6.07, 6.45) is 4.79. The SMILES string of the molecule is CC(C)Cc1ccc([C@H](C)NC(=O)COC(=O)CCCc2c[nH]c3ccccc23)cc1. The van der Waals surface area contributed by atoms with Gasteiger partial charge < -0.3 is 15.0 Å². The molecule has 1 aromatic heterocycles.